The van der Waals surface area contributed by atoms with E-state index in [0.29, 0.717) is 0 Å². The van der Waals surface area contributed by atoms with Crippen LogP contribution in [0.1, 0.15) is 0 Å². The van der Waals surface area contributed by atoms with Crippen LogP contribution in [0.25, 0.3) is 93.3 Å². The number of nitrogens with zero attached hydrogens (tertiary/aromatic N) is 6. The number of rotatable bonds is 2. The zero-order chi connectivity index (χ0) is 30.6. The van der Waals surface area contributed by atoms with Crippen LogP contribution in [-0.4, -0.2) is 28.5 Å². The maximum absolute atomic E-state index is 5.16. The molecule has 0 amide bonds. The number of imidazole rings is 1. The summed E-state index contributed by atoms with van der Waals surface area (Å²) in [5, 5.41) is 8.28. The highest BCUT2D eigenvalue weighted by Crippen LogP contribution is 2.44. The average molecular weight is 601 g/mol. The van der Waals surface area contributed by atoms with E-state index in [1.165, 1.54) is 32.6 Å². The van der Waals surface area contributed by atoms with E-state index in [2.05, 4.69) is 139 Å². The van der Waals surface area contributed by atoms with Gasteiger partial charge >= 0.3 is 0 Å². The van der Waals surface area contributed by atoms with Gasteiger partial charge in [0.05, 0.1) is 51.0 Å². The molecule has 0 atom stereocenters. The van der Waals surface area contributed by atoms with E-state index in [4.69, 9.17) is 4.98 Å². The quantitative estimate of drug-likeness (QED) is 0.186. The molecule has 0 aliphatic rings. The molecule has 5 aromatic carbocycles. The minimum atomic E-state index is 0.905. The van der Waals surface area contributed by atoms with Gasteiger partial charge in [-0.2, -0.15) is 0 Å². The Morgan fingerprint density at radius 2 is 1.09 bits per heavy atom. The summed E-state index contributed by atoms with van der Waals surface area (Å²) in [6, 6.07) is 43.5. The number of hydrogen-bond donors (Lipinski definition) is 0. The fourth-order valence-electron chi connectivity index (χ4n) is 7.85. The lowest BCUT2D eigenvalue weighted by Gasteiger charge is -2.13. The number of hydrogen-bond acceptors (Lipinski definition) is 3. The van der Waals surface area contributed by atoms with Crippen LogP contribution in [0.3, 0.4) is 0 Å². The normalized spacial score (nSPS) is 12.3. The van der Waals surface area contributed by atoms with Crippen LogP contribution in [0.4, 0.5) is 0 Å². The van der Waals surface area contributed by atoms with Crippen LogP contribution < -0.4 is 0 Å². The van der Waals surface area contributed by atoms with Crippen molar-refractivity contribution in [3.05, 3.63) is 146 Å². The zero-order valence-electron chi connectivity index (χ0n) is 25.0. The van der Waals surface area contributed by atoms with Crippen molar-refractivity contribution in [1.82, 2.24) is 28.5 Å². The molecule has 6 heteroatoms. The van der Waals surface area contributed by atoms with Crippen LogP contribution in [0, 0.1) is 0 Å². The summed E-state index contributed by atoms with van der Waals surface area (Å²) in [7, 11) is 0. The fourth-order valence-corrected chi connectivity index (χ4v) is 7.85. The Balaban J connectivity index is 1.41. The SMILES string of the molecule is c1ccc(-n2c3ccccc3c3cc4c5ccc6c(c7ccncc7n7c8cnccc8nc67)c5n(-c5ccccc5)c4cc32)cc1. The van der Waals surface area contributed by atoms with E-state index in [1.807, 2.05) is 24.7 Å². The van der Waals surface area contributed by atoms with Crippen molar-refractivity contribution >= 4 is 82.0 Å². The predicted molar refractivity (Wildman–Crippen MR) is 192 cm³/mol. The van der Waals surface area contributed by atoms with E-state index in [9.17, 15) is 0 Å². The Bertz CT molecular complexity index is 3060. The molecule has 6 heterocycles. The first-order chi connectivity index (χ1) is 23.3. The van der Waals surface area contributed by atoms with Crippen molar-refractivity contribution < 1.29 is 0 Å². The highest BCUT2D eigenvalue weighted by Gasteiger charge is 2.23. The number of aromatic nitrogens is 6. The van der Waals surface area contributed by atoms with E-state index < -0.39 is 0 Å². The second-order valence-electron chi connectivity index (χ2n) is 12.2. The largest absolute Gasteiger partial charge is 0.309 e. The molecule has 11 rings (SSSR count). The van der Waals surface area contributed by atoms with Crippen molar-refractivity contribution in [2.75, 3.05) is 0 Å². The standard InChI is InChI=1S/C41H24N6/c1-3-9-25(10-4-1)45-34-14-8-7-13-27(34)31-21-32-28-15-16-30-39(40(28)46(36(32)22-35(31)45)26-11-5-2-6-12-26)29-17-19-42-23-37(29)47-38-24-43-20-18-33(38)44-41(30)47/h1-24H. The number of fused-ring (bicyclic) bond motifs is 15. The molecule has 0 radical (unpaired) electrons. The maximum atomic E-state index is 5.16. The molecule has 0 fully saturated rings. The molecular weight excluding hydrogens is 576 g/mol. The lowest BCUT2D eigenvalue weighted by atomic mass is 10.0. The molecule has 47 heavy (non-hydrogen) atoms. The monoisotopic (exact) mass is 600 g/mol. The molecule has 0 aliphatic heterocycles. The summed E-state index contributed by atoms with van der Waals surface area (Å²) in [6.45, 7) is 0. The first kappa shape index (κ1) is 24.8. The molecule has 218 valence electrons. The molecule has 0 N–H and O–H groups in total. The molecule has 6 nitrogen and oxygen atoms in total. The Kier molecular flexibility index (Phi) is 4.75. The topological polar surface area (TPSA) is 52.9 Å². The maximum Gasteiger partial charge on any atom is 0.146 e. The summed E-state index contributed by atoms with van der Waals surface area (Å²) in [5.41, 5.74) is 10.8. The minimum absolute atomic E-state index is 0.905. The molecule has 0 saturated heterocycles. The number of benzene rings is 5. The summed E-state index contributed by atoms with van der Waals surface area (Å²) < 4.78 is 7.04. The first-order valence-corrected chi connectivity index (χ1v) is 15.8. The summed E-state index contributed by atoms with van der Waals surface area (Å²) in [6.07, 6.45) is 7.54. The zero-order valence-corrected chi connectivity index (χ0v) is 25.0. The molecule has 0 bridgehead atoms. The van der Waals surface area contributed by atoms with Crippen LogP contribution in [0.5, 0.6) is 0 Å². The van der Waals surface area contributed by atoms with Gasteiger partial charge in [-0.25, -0.2) is 4.98 Å². The van der Waals surface area contributed by atoms with Gasteiger partial charge in [-0.1, -0.05) is 60.7 Å². The van der Waals surface area contributed by atoms with Gasteiger partial charge in [0.15, 0.2) is 0 Å². The van der Waals surface area contributed by atoms with Crippen molar-refractivity contribution in [1.29, 1.82) is 0 Å². The lowest BCUT2D eigenvalue weighted by Crippen LogP contribution is -1.97. The highest BCUT2D eigenvalue weighted by molar-refractivity contribution is 6.29. The van der Waals surface area contributed by atoms with Crippen molar-refractivity contribution in [3.63, 3.8) is 0 Å². The summed E-state index contributed by atoms with van der Waals surface area (Å²) in [5.74, 6) is 0. The van der Waals surface area contributed by atoms with Crippen LogP contribution in [0.15, 0.2) is 146 Å². The first-order valence-electron chi connectivity index (χ1n) is 15.8. The van der Waals surface area contributed by atoms with Crippen LogP contribution >= 0.6 is 0 Å². The average Bonchev–Trinajstić information content (AvgIpc) is 3.79. The van der Waals surface area contributed by atoms with Crippen molar-refractivity contribution in [2.24, 2.45) is 0 Å². The Labute approximate surface area is 267 Å². The molecule has 0 unspecified atom stereocenters. The second-order valence-corrected chi connectivity index (χ2v) is 12.2. The molecule has 0 spiro atoms. The number of para-hydroxylation sites is 3. The third-order valence-corrected chi connectivity index (χ3v) is 9.76. The summed E-state index contributed by atoms with van der Waals surface area (Å²) in [4.78, 5) is 14.2. The fraction of sp³-hybridized carbons (Fsp3) is 0. The lowest BCUT2D eigenvalue weighted by molar-refractivity contribution is 1.17. The Hall–Kier alpha value is -6.53. The van der Waals surface area contributed by atoms with E-state index >= 15 is 0 Å². The molecule has 6 aromatic heterocycles. The van der Waals surface area contributed by atoms with Crippen molar-refractivity contribution in [2.45, 2.75) is 0 Å². The molecule has 11 aromatic rings. The molecular formula is C41H24N6. The predicted octanol–water partition coefficient (Wildman–Crippen LogP) is 9.78. The van der Waals surface area contributed by atoms with Gasteiger partial charge in [0.25, 0.3) is 0 Å². The smallest absolute Gasteiger partial charge is 0.146 e. The molecule has 0 saturated carbocycles. The van der Waals surface area contributed by atoms with E-state index in [1.54, 1.807) is 6.20 Å². The van der Waals surface area contributed by atoms with Crippen LogP contribution in [-0.2, 0) is 0 Å². The summed E-state index contributed by atoms with van der Waals surface area (Å²) >= 11 is 0. The third kappa shape index (κ3) is 3.21. The van der Waals surface area contributed by atoms with E-state index in [0.717, 1.165) is 60.8 Å². The van der Waals surface area contributed by atoms with Gasteiger partial charge in [-0.05, 0) is 60.7 Å². The van der Waals surface area contributed by atoms with Gasteiger partial charge < -0.3 is 9.13 Å². The van der Waals surface area contributed by atoms with Gasteiger partial charge in [0.1, 0.15) is 5.65 Å². The van der Waals surface area contributed by atoms with Gasteiger partial charge in [0.2, 0.25) is 0 Å². The van der Waals surface area contributed by atoms with Gasteiger partial charge in [-0.3, -0.25) is 14.4 Å². The number of pyridine rings is 3. The Morgan fingerprint density at radius 3 is 1.91 bits per heavy atom. The van der Waals surface area contributed by atoms with Crippen LogP contribution in [0.2, 0.25) is 0 Å². The Morgan fingerprint density at radius 1 is 0.426 bits per heavy atom. The van der Waals surface area contributed by atoms with E-state index in [-0.39, 0.29) is 0 Å². The molecule has 0 aliphatic carbocycles. The third-order valence-electron chi connectivity index (χ3n) is 9.76. The minimum Gasteiger partial charge on any atom is -0.309 e. The van der Waals surface area contributed by atoms with Crippen molar-refractivity contribution in [3.8, 4) is 11.4 Å². The van der Waals surface area contributed by atoms with Gasteiger partial charge in [-0.15, -0.1) is 0 Å². The van der Waals surface area contributed by atoms with Gasteiger partial charge in [0, 0.05) is 61.5 Å². The highest BCUT2D eigenvalue weighted by atomic mass is 15.0. The second kappa shape index (κ2) is 9.02.